The molecule has 0 saturated heterocycles. The minimum absolute atomic E-state index is 0.284. The minimum Gasteiger partial charge on any atom is -0.307 e. The van der Waals surface area contributed by atoms with E-state index in [0.717, 1.165) is 18.7 Å². The lowest BCUT2D eigenvalue weighted by Gasteiger charge is -2.21. The molecule has 4 heteroatoms. The molecule has 1 aliphatic rings. The fourth-order valence-corrected chi connectivity index (χ4v) is 2.93. The van der Waals surface area contributed by atoms with Gasteiger partial charge < -0.3 is 5.32 Å². The maximum Gasteiger partial charge on any atom is 0.0597 e. The van der Waals surface area contributed by atoms with Crippen LogP contribution in [0.25, 0.3) is 0 Å². The van der Waals surface area contributed by atoms with E-state index in [2.05, 4.69) is 16.5 Å². The highest BCUT2D eigenvalue weighted by Gasteiger charge is 2.21. The van der Waals surface area contributed by atoms with Gasteiger partial charge in [-0.3, -0.25) is 4.68 Å². The van der Waals surface area contributed by atoms with E-state index in [4.69, 9.17) is 11.6 Å². The Balaban J connectivity index is 1.90. The number of nitrogens with one attached hydrogen (secondary N) is 1. The van der Waals surface area contributed by atoms with Crippen LogP contribution in [0.2, 0.25) is 0 Å². The molecule has 0 bridgehead atoms. The lowest BCUT2D eigenvalue weighted by atomic mass is 10.1. The molecule has 0 radical (unpaired) electrons. The molecule has 1 saturated carbocycles. The van der Waals surface area contributed by atoms with E-state index in [1.165, 1.54) is 31.4 Å². The summed E-state index contributed by atoms with van der Waals surface area (Å²) in [4.78, 5) is 0. The number of alkyl halides is 1. The van der Waals surface area contributed by atoms with Crippen molar-refractivity contribution in [2.75, 3.05) is 0 Å². The first-order valence-electron chi connectivity index (χ1n) is 6.54. The van der Waals surface area contributed by atoms with Gasteiger partial charge >= 0.3 is 0 Å². The van der Waals surface area contributed by atoms with Gasteiger partial charge in [0.1, 0.15) is 0 Å². The summed E-state index contributed by atoms with van der Waals surface area (Å²) in [5, 5.41) is 8.23. The van der Waals surface area contributed by atoms with Crippen LogP contribution in [0.3, 0.4) is 0 Å². The molecule has 1 fully saturated rings. The molecule has 17 heavy (non-hydrogen) atoms. The average Bonchev–Trinajstić information content (AvgIpc) is 2.48. The van der Waals surface area contributed by atoms with E-state index in [1.807, 2.05) is 18.7 Å². The van der Waals surface area contributed by atoms with Crippen molar-refractivity contribution < 1.29 is 0 Å². The van der Waals surface area contributed by atoms with E-state index in [0.29, 0.717) is 6.04 Å². The van der Waals surface area contributed by atoms with Crippen LogP contribution in [-0.4, -0.2) is 21.2 Å². The van der Waals surface area contributed by atoms with Crippen molar-refractivity contribution in [1.82, 2.24) is 15.1 Å². The Kier molecular flexibility index (Phi) is 4.46. The first-order chi connectivity index (χ1) is 8.16. The third kappa shape index (κ3) is 3.46. The van der Waals surface area contributed by atoms with Gasteiger partial charge in [-0.25, -0.2) is 0 Å². The largest absolute Gasteiger partial charge is 0.307 e. The van der Waals surface area contributed by atoms with Crippen molar-refractivity contribution in [2.45, 2.75) is 57.0 Å². The second kappa shape index (κ2) is 5.87. The van der Waals surface area contributed by atoms with Crippen LogP contribution in [0.4, 0.5) is 0 Å². The number of aromatic nitrogens is 2. The molecule has 1 heterocycles. The van der Waals surface area contributed by atoms with E-state index in [-0.39, 0.29) is 5.38 Å². The zero-order valence-corrected chi connectivity index (χ0v) is 11.5. The zero-order chi connectivity index (χ0) is 12.3. The molecule has 3 nitrogen and oxygen atoms in total. The van der Waals surface area contributed by atoms with Gasteiger partial charge in [-0.15, -0.1) is 11.6 Å². The van der Waals surface area contributed by atoms with Crippen LogP contribution in [0, 0.1) is 6.92 Å². The van der Waals surface area contributed by atoms with E-state index in [1.54, 1.807) is 0 Å². The third-order valence-corrected chi connectivity index (χ3v) is 4.10. The summed E-state index contributed by atoms with van der Waals surface area (Å²) >= 11 is 6.41. The van der Waals surface area contributed by atoms with Gasteiger partial charge in [0.05, 0.1) is 11.4 Å². The Labute approximate surface area is 109 Å². The Hall–Kier alpha value is -0.540. The molecule has 2 atom stereocenters. The van der Waals surface area contributed by atoms with Crippen LogP contribution in [0.15, 0.2) is 6.07 Å². The molecule has 2 unspecified atom stereocenters. The fraction of sp³-hybridized carbons (Fsp3) is 0.769. The molecular formula is C13H22ClN3. The van der Waals surface area contributed by atoms with Crippen LogP contribution in [-0.2, 0) is 13.6 Å². The number of hydrogen-bond donors (Lipinski definition) is 1. The topological polar surface area (TPSA) is 29.9 Å². The summed E-state index contributed by atoms with van der Waals surface area (Å²) in [7, 11) is 2.00. The maximum atomic E-state index is 6.41. The zero-order valence-electron chi connectivity index (χ0n) is 10.7. The monoisotopic (exact) mass is 255 g/mol. The molecule has 0 amide bonds. The van der Waals surface area contributed by atoms with Gasteiger partial charge in [0, 0.05) is 25.0 Å². The summed E-state index contributed by atoms with van der Waals surface area (Å²) < 4.78 is 1.95. The number of hydrogen-bond acceptors (Lipinski definition) is 2. The molecule has 1 aromatic rings. The van der Waals surface area contributed by atoms with Crippen molar-refractivity contribution in [2.24, 2.45) is 7.05 Å². The predicted molar refractivity (Wildman–Crippen MR) is 71.3 cm³/mol. The van der Waals surface area contributed by atoms with E-state index < -0.39 is 0 Å². The minimum atomic E-state index is 0.284. The van der Waals surface area contributed by atoms with Crippen molar-refractivity contribution in [3.8, 4) is 0 Å². The first-order valence-corrected chi connectivity index (χ1v) is 6.97. The second-order valence-electron chi connectivity index (χ2n) is 5.04. The number of nitrogens with zero attached hydrogens (tertiary/aromatic N) is 2. The van der Waals surface area contributed by atoms with Crippen molar-refractivity contribution >= 4 is 11.6 Å². The van der Waals surface area contributed by atoms with Crippen LogP contribution in [0.1, 0.15) is 43.5 Å². The Morgan fingerprint density at radius 3 is 2.88 bits per heavy atom. The maximum absolute atomic E-state index is 6.41. The highest BCUT2D eigenvalue weighted by Crippen LogP contribution is 2.22. The Morgan fingerprint density at radius 2 is 2.18 bits per heavy atom. The highest BCUT2D eigenvalue weighted by atomic mass is 35.5. The fourth-order valence-electron chi connectivity index (χ4n) is 2.56. The molecule has 1 aromatic heterocycles. The van der Waals surface area contributed by atoms with Gasteiger partial charge in [0.25, 0.3) is 0 Å². The molecule has 0 aliphatic heterocycles. The van der Waals surface area contributed by atoms with Crippen LogP contribution in [0.5, 0.6) is 0 Å². The lowest BCUT2D eigenvalue weighted by molar-refractivity contribution is 0.455. The SMILES string of the molecule is Cc1cc(CNC2CCCCCC2Cl)n(C)n1. The van der Waals surface area contributed by atoms with E-state index >= 15 is 0 Å². The van der Waals surface area contributed by atoms with Gasteiger partial charge in [-0.05, 0) is 25.8 Å². The number of rotatable bonds is 3. The normalized spacial score (nSPS) is 25.8. The van der Waals surface area contributed by atoms with Crippen LogP contribution >= 0.6 is 11.6 Å². The molecule has 2 rings (SSSR count). The summed E-state index contributed by atoms with van der Waals surface area (Å²) in [6.07, 6.45) is 6.24. The Bertz CT molecular complexity index is 362. The standard InChI is InChI=1S/C13H22ClN3/c1-10-8-11(17(2)16-10)9-15-13-7-5-3-4-6-12(13)14/h8,12-13,15H,3-7,9H2,1-2H3. The summed E-state index contributed by atoms with van der Waals surface area (Å²) in [6.45, 7) is 2.89. The quantitative estimate of drug-likeness (QED) is 0.665. The highest BCUT2D eigenvalue weighted by molar-refractivity contribution is 6.21. The molecule has 96 valence electrons. The smallest absolute Gasteiger partial charge is 0.0597 e. The molecular weight excluding hydrogens is 234 g/mol. The first kappa shape index (κ1) is 12.9. The second-order valence-corrected chi connectivity index (χ2v) is 5.60. The third-order valence-electron chi connectivity index (χ3n) is 3.58. The summed E-state index contributed by atoms with van der Waals surface area (Å²) in [5.41, 5.74) is 2.31. The molecule has 0 aromatic carbocycles. The van der Waals surface area contributed by atoms with Crippen LogP contribution < -0.4 is 5.32 Å². The number of aryl methyl sites for hydroxylation is 2. The van der Waals surface area contributed by atoms with Crippen molar-refractivity contribution in [3.05, 3.63) is 17.5 Å². The van der Waals surface area contributed by atoms with Gasteiger partial charge in [0.2, 0.25) is 0 Å². The van der Waals surface area contributed by atoms with Crippen molar-refractivity contribution in [3.63, 3.8) is 0 Å². The molecule has 0 spiro atoms. The Morgan fingerprint density at radius 1 is 1.41 bits per heavy atom. The van der Waals surface area contributed by atoms with E-state index in [9.17, 15) is 0 Å². The lowest BCUT2D eigenvalue weighted by Crippen LogP contribution is -2.36. The molecule has 1 N–H and O–H groups in total. The van der Waals surface area contributed by atoms with Gasteiger partial charge in [-0.2, -0.15) is 5.10 Å². The summed E-state index contributed by atoms with van der Waals surface area (Å²) in [5.74, 6) is 0. The number of halogens is 1. The van der Waals surface area contributed by atoms with Gasteiger partial charge in [0.15, 0.2) is 0 Å². The van der Waals surface area contributed by atoms with Crippen molar-refractivity contribution in [1.29, 1.82) is 0 Å². The van der Waals surface area contributed by atoms with Gasteiger partial charge in [-0.1, -0.05) is 19.3 Å². The molecule has 1 aliphatic carbocycles. The predicted octanol–water partition coefficient (Wildman–Crippen LogP) is 2.76. The summed E-state index contributed by atoms with van der Waals surface area (Å²) in [6, 6.07) is 2.59. The average molecular weight is 256 g/mol.